The van der Waals surface area contributed by atoms with E-state index in [4.69, 9.17) is 15.7 Å². The molecule has 0 fully saturated rings. The largest absolute Gasteiger partial charge is 0.497 e. The van der Waals surface area contributed by atoms with E-state index in [9.17, 15) is 4.79 Å². The van der Waals surface area contributed by atoms with Crippen LogP contribution in [0.3, 0.4) is 0 Å². The van der Waals surface area contributed by atoms with Crippen molar-refractivity contribution >= 4 is 17.3 Å². The summed E-state index contributed by atoms with van der Waals surface area (Å²) in [6.07, 6.45) is 0. The third kappa shape index (κ3) is 2.95. The zero-order chi connectivity index (χ0) is 15.4. The summed E-state index contributed by atoms with van der Waals surface area (Å²) in [6, 6.07) is 13.8. The van der Waals surface area contributed by atoms with Gasteiger partial charge in [-0.1, -0.05) is 6.07 Å². The number of nitrogens with two attached hydrogens (primary N) is 1. The van der Waals surface area contributed by atoms with Crippen LogP contribution in [0.2, 0.25) is 0 Å². The third-order valence-electron chi connectivity index (χ3n) is 3.16. The summed E-state index contributed by atoms with van der Waals surface area (Å²) in [5.74, 6) is 0.350. The minimum atomic E-state index is -0.245. The Morgan fingerprint density at radius 3 is 2.67 bits per heavy atom. The van der Waals surface area contributed by atoms with Gasteiger partial charge < -0.3 is 15.4 Å². The van der Waals surface area contributed by atoms with Crippen LogP contribution in [-0.2, 0) is 0 Å². The molecule has 2 aromatic rings. The average molecular weight is 281 g/mol. The highest BCUT2D eigenvalue weighted by Gasteiger charge is 2.16. The summed E-state index contributed by atoms with van der Waals surface area (Å²) in [4.78, 5) is 13.9. The van der Waals surface area contributed by atoms with Crippen molar-refractivity contribution < 1.29 is 9.53 Å². The quantitative estimate of drug-likeness (QED) is 0.876. The highest BCUT2D eigenvalue weighted by atomic mass is 16.5. The molecule has 5 nitrogen and oxygen atoms in total. The average Bonchev–Trinajstić information content (AvgIpc) is 2.53. The zero-order valence-electron chi connectivity index (χ0n) is 11.8. The summed E-state index contributed by atoms with van der Waals surface area (Å²) in [7, 11) is 3.18. The van der Waals surface area contributed by atoms with Crippen LogP contribution >= 0.6 is 0 Å². The van der Waals surface area contributed by atoms with Crippen molar-refractivity contribution in [2.75, 3.05) is 24.8 Å². The van der Waals surface area contributed by atoms with Gasteiger partial charge in [0.2, 0.25) is 0 Å². The Kier molecular flexibility index (Phi) is 4.10. The van der Waals surface area contributed by atoms with Crippen molar-refractivity contribution in [3.63, 3.8) is 0 Å². The summed E-state index contributed by atoms with van der Waals surface area (Å²) < 4.78 is 5.06. The van der Waals surface area contributed by atoms with Gasteiger partial charge in [0.05, 0.1) is 24.3 Å². The lowest BCUT2D eigenvalue weighted by Crippen LogP contribution is -2.27. The van der Waals surface area contributed by atoms with E-state index >= 15 is 0 Å². The number of hydrogen-bond donors (Lipinski definition) is 1. The van der Waals surface area contributed by atoms with Gasteiger partial charge in [-0.25, -0.2) is 0 Å². The minimum absolute atomic E-state index is 0.245. The van der Waals surface area contributed by atoms with E-state index in [1.54, 1.807) is 49.5 Å². The van der Waals surface area contributed by atoms with Gasteiger partial charge in [-0.3, -0.25) is 4.79 Å². The Bertz CT molecular complexity index is 720. The topological polar surface area (TPSA) is 79.3 Å². The third-order valence-corrected chi connectivity index (χ3v) is 3.16. The molecule has 0 radical (unpaired) electrons. The van der Waals surface area contributed by atoms with E-state index in [1.807, 2.05) is 6.07 Å². The van der Waals surface area contributed by atoms with Gasteiger partial charge in [-0.15, -0.1) is 0 Å². The molecule has 0 heterocycles. The van der Waals surface area contributed by atoms with Crippen LogP contribution in [0.4, 0.5) is 11.4 Å². The number of nitrogens with zero attached hydrogens (tertiary/aromatic N) is 2. The Balaban J connectivity index is 2.33. The maximum absolute atomic E-state index is 12.5. The maximum atomic E-state index is 12.5. The first-order valence-electron chi connectivity index (χ1n) is 6.28. The summed E-state index contributed by atoms with van der Waals surface area (Å²) >= 11 is 0. The number of benzene rings is 2. The number of methoxy groups -OCH3 is 1. The fourth-order valence-corrected chi connectivity index (χ4v) is 1.94. The van der Waals surface area contributed by atoms with Crippen LogP contribution in [0.1, 0.15) is 15.9 Å². The fraction of sp³-hybridized carbons (Fsp3) is 0.125. The number of rotatable bonds is 3. The van der Waals surface area contributed by atoms with Gasteiger partial charge in [-0.2, -0.15) is 5.26 Å². The monoisotopic (exact) mass is 281 g/mol. The molecule has 106 valence electrons. The normalized spacial score (nSPS) is 9.76. The van der Waals surface area contributed by atoms with E-state index in [0.29, 0.717) is 28.3 Å². The molecule has 5 heteroatoms. The van der Waals surface area contributed by atoms with Crippen molar-refractivity contribution in [2.24, 2.45) is 0 Å². The van der Waals surface area contributed by atoms with Gasteiger partial charge in [-0.05, 0) is 30.3 Å². The lowest BCUT2D eigenvalue weighted by Gasteiger charge is -2.18. The molecule has 0 aliphatic carbocycles. The lowest BCUT2D eigenvalue weighted by atomic mass is 10.1. The van der Waals surface area contributed by atoms with Gasteiger partial charge in [0.1, 0.15) is 5.75 Å². The standard InChI is InChI=1S/C16H15N3O2/c1-19(12-5-3-4-11(8-12)10-17)16(20)14-7-6-13(21-2)9-15(14)18/h3-9H,18H2,1-2H3. The van der Waals surface area contributed by atoms with Crippen molar-refractivity contribution in [3.05, 3.63) is 53.6 Å². The lowest BCUT2D eigenvalue weighted by molar-refractivity contribution is 0.0994. The first kappa shape index (κ1) is 14.4. The number of amides is 1. The number of anilines is 2. The predicted molar refractivity (Wildman–Crippen MR) is 81.3 cm³/mol. The van der Waals surface area contributed by atoms with Crippen molar-refractivity contribution in [1.82, 2.24) is 0 Å². The molecule has 0 aliphatic heterocycles. The molecule has 2 aromatic carbocycles. The number of nitriles is 1. The van der Waals surface area contributed by atoms with Gasteiger partial charge in [0.15, 0.2) is 0 Å². The number of ether oxygens (including phenoxy) is 1. The summed E-state index contributed by atoms with van der Waals surface area (Å²) in [5, 5.41) is 8.91. The van der Waals surface area contributed by atoms with E-state index < -0.39 is 0 Å². The van der Waals surface area contributed by atoms with Crippen LogP contribution in [0.5, 0.6) is 5.75 Å². The van der Waals surface area contributed by atoms with Crippen LogP contribution in [-0.4, -0.2) is 20.1 Å². The van der Waals surface area contributed by atoms with Crippen LogP contribution in [0.25, 0.3) is 0 Å². The first-order valence-corrected chi connectivity index (χ1v) is 6.28. The molecular weight excluding hydrogens is 266 g/mol. The molecule has 0 unspecified atom stereocenters. The SMILES string of the molecule is COc1ccc(C(=O)N(C)c2cccc(C#N)c2)c(N)c1. The molecule has 2 rings (SSSR count). The molecule has 21 heavy (non-hydrogen) atoms. The van der Waals surface area contributed by atoms with E-state index in [2.05, 4.69) is 0 Å². The fourth-order valence-electron chi connectivity index (χ4n) is 1.94. The van der Waals surface area contributed by atoms with Gasteiger partial charge in [0, 0.05) is 24.5 Å². The molecule has 0 saturated carbocycles. The highest BCUT2D eigenvalue weighted by molar-refractivity contribution is 6.09. The summed E-state index contributed by atoms with van der Waals surface area (Å²) in [6.45, 7) is 0. The van der Waals surface area contributed by atoms with Gasteiger partial charge in [0.25, 0.3) is 5.91 Å². The van der Waals surface area contributed by atoms with Crippen molar-refractivity contribution in [2.45, 2.75) is 0 Å². The van der Waals surface area contributed by atoms with Crippen LogP contribution in [0, 0.1) is 11.3 Å². The van der Waals surface area contributed by atoms with Crippen molar-refractivity contribution in [3.8, 4) is 11.8 Å². The number of carbonyl (C=O) groups is 1. The van der Waals surface area contributed by atoms with Crippen LogP contribution < -0.4 is 15.4 Å². The smallest absolute Gasteiger partial charge is 0.260 e. The second kappa shape index (κ2) is 5.97. The molecule has 0 atom stereocenters. The second-order valence-corrected chi connectivity index (χ2v) is 4.48. The van der Waals surface area contributed by atoms with Crippen molar-refractivity contribution in [1.29, 1.82) is 5.26 Å². The predicted octanol–water partition coefficient (Wildman–Crippen LogP) is 2.43. The molecule has 2 N–H and O–H groups in total. The number of nitrogen functional groups attached to an aromatic ring is 1. The van der Waals surface area contributed by atoms with E-state index in [1.165, 1.54) is 12.0 Å². The molecule has 0 spiro atoms. The zero-order valence-corrected chi connectivity index (χ0v) is 11.8. The molecular formula is C16H15N3O2. The van der Waals surface area contributed by atoms with Crippen LogP contribution in [0.15, 0.2) is 42.5 Å². The highest BCUT2D eigenvalue weighted by Crippen LogP contribution is 2.23. The van der Waals surface area contributed by atoms with Gasteiger partial charge >= 0.3 is 0 Å². The van der Waals surface area contributed by atoms with E-state index in [0.717, 1.165) is 0 Å². The molecule has 0 bridgehead atoms. The second-order valence-electron chi connectivity index (χ2n) is 4.48. The Morgan fingerprint density at radius 2 is 2.05 bits per heavy atom. The Morgan fingerprint density at radius 1 is 1.29 bits per heavy atom. The molecule has 0 aromatic heterocycles. The maximum Gasteiger partial charge on any atom is 0.260 e. The Hall–Kier alpha value is -3.00. The Labute approximate surface area is 123 Å². The molecule has 0 aliphatic rings. The molecule has 0 saturated heterocycles. The first-order chi connectivity index (χ1) is 10.1. The van der Waals surface area contributed by atoms with E-state index in [-0.39, 0.29) is 5.91 Å². The number of carbonyl (C=O) groups excluding carboxylic acids is 1. The minimum Gasteiger partial charge on any atom is -0.497 e. The summed E-state index contributed by atoms with van der Waals surface area (Å²) in [5.41, 5.74) is 7.76. The molecule has 1 amide bonds. The number of hydrogen-bond acceptors (Lipinski definition) is 4.